The van der Waals surface area contributed by atoms with Crippen LogP contribution in [0.1, 0.15) is 30.9 Å². The molecule has 1 saturated heterocycles. The number of hydrogen-bond donors (Lipinski definition) is 1. The molecule has 2 aliphatic heterocycles. The average molecular weight is 230 g/mol. The Morgan fingerprint density at radius 2 is 2.12 bits per heavy atom. The summed E-state index contributed by atoms with van der Waals surface area (Å²) in [5.41, 5.74) is 4.62. The lowest BCUT2D eigenvalue weighted by molar-refractivity contribution is -0.775. The van der Waals surface area contributed by atoms with Crippen molar-refractivity contribution in [2.24, 2.45) is 0 Å². The summed E-state index contributed by atoms with van der Waals surface area (Å²) in [6, 6.07) is 7.48. The quantitative estimate of drug-likeness (QED) is 0.754. The van der Waals surface area contributed by atoms with Crippen LogP contribution >= 0.6 is 0 Å². The molecule has 1 N–H and O–H groups in total. The van der Waals surface area contributed by atoms with E-state index in [4.69, 9.17) is 0 Å². The summed E-state index contributed by atoms with van der Waals surface area (Å²) < 4.78 is 0. The fraction of sp³-hybridized carbons (Fsp3) is 0.533. The summed E-state index contributed by atoms with van der Waals surface area (Å²) in [5.74, 6) is 0.762. The highest BCUT2D eigenvalue weighted by Gasteiger charge is 2.33. The first-order valence-electron chi connectivity index (χ1n) is 6.71. The highest BCUT2D eigenvalue weighted by atomic mass is 15.2. The molecule has 17 heavy (non-hydrogen) atoms. The van der Waals surface area contributed by atoms with Gasteiger partial charge in [0.1, 0.15) is 5.69 Å². The number of nitrogens with zero attached hydrogens (tertiary/aromatic N) is 1. The fourth-order valence-electron chi connectivity index (χ4n) is 3.14. The van der Waals surface area contributed by atoms with Crippen molar-refractivity contribution in [1.82, 2.24) is 4.90 Å². The summed E-state index contributed by atoms with van der Waals surface area (Å²) in [6.45, 7) is 8.20. The fourth-order valence-corrected chi connectivity index (χ4v) is 3.14. The van der Waals surface area contributed by atoms with E-state index in [9.17, 15) is 0 Å². The van der Waals surface area contributed by atoms with Crippen LogP contribution in [0.2, 0.25) is 0 Å². The molecule has 0 bridgehead atoms. The van der Waals surface area contributed by atoms with E-state index < -0.39 is 0 Å². The Kier molecular flexibility index (Phi) is 2.72. The second-order valence-electron chi connectivity index (χ2n) is 5.72. The van der Waals surface area contributed by atoms with E-state index in [2.05, 4.69) is 44.0 Å². The van der Waals surface area contributed by atoms with E-state index in [0.717, 1.165) is 12.5 Å². The molecule has 2 heterocycles. The van der Waals surface area contributed by atoms with E-state index in [0.29, 0.717) is 6.04 Å². The van der Waals surface area contributed by atoms with Gasteiger partial charge in [-0.05, 0) is 25.5 Å². The molecule has 3 rings (SSSR count). The molecule has 0 saturated carbocycles. The Morgan fingerprint density at radius 3 is 2.82 bits per heavy atom. The minimum Gasteiger partial charge on any atom is -0.434 e. The van der Waals surface area contributed by atoms with Crippen LogP contribution in [-0.2, 0) is 6.42 Å². The molecule has 0 aliphatic carbocycles. The van der Waals surface area contributed by atoms with E-state index in [1.807, 2.05) is 0 Å². The Bertz CT molecular complexity index is 419. The van der Waals surface area contributed by atoms with Gasteiger partial charge in [-0.2, -0.15) is 0 Å². The number of quaternary nitrogens is 1. The maximum atomic E-state index is 4.17. The van der Waals surface area contributed by atoms with Crippen molar-refractivity contribution in [3.05, 3.63) is 36.4 Å². The van der Waals surface area contributed by atoms with Crippen LogP contribution < -0.4 is 4.90 Å². The van der Waals surface area contributed by atoms with E-state index in [1.165, 1.54) is 30.1 Å². The number of benzene rings is 1. The molecule has 1 atom stereocenters. The third kappa shape index (κ3) is 1.80. The summed E-state index contributed by atoms with van der Waals surface area (Å²) in [7, 11) is 4.17. The Hall–Kier alpha value is -0.860. The minimum absolute atomic E-state index is 0.693. The monoisotopic (exact) mass is 230 g/mol. The van der Waals surface area contributed by atoms with Gasteiger partial charge in [-0.25, -0.2) is 0 Å². The molecular formula is C15H22N2. The number of likely N-dealkylation sites (tertiary alicyclic amines) is 1. The van der Waals surface area contributed by atoms with Crippen LogP contribution in [-0.4, -0.2) is 30.6 Å². The third-order valence-corrected chi connectivity index (χ3v) is 4.35. The zero-order valence-electron chi connectivity index (χ0n) is 10.9. The summed E-state index contributed by atoms with van der Waals surface area (Å²) in [4.78, 5) is 3.88. The van der Waals surface area contributed by atoms with E-state index in [1.54, 1.807) is 11.1 Å². The van der Waals surface area contributed by atoms with Crippen molar-refractivity contribution in [3.8, 4) is 0 Å². The highest BCUT2D eigenvalue weighted by molar-refractivity contribution is 5.49. The lowest BCUT2D eigenvalue weighted by atomic mass is 9.86. The molecule has 0 amide bonds. The summed E-state index contributed by atoms with van der Waals surface area (Å²) in [5, 5.41) is 0. The standard InChI is InChI=1S/C15H22N2/c1-11(2)17-9-12(10-17)13-5-4-6-15-14(13)7-8-16(15)3/h4-6,11-12,16H,3,7-10H2,1-2H3. The van der Waals surface area contributed by atoms with Gasteiger partial charge >= 0.3 is 0 Å². The molecule has 2 aliphatic rings. The zero-order chi connectivity index (χ0) is 12.0. The highest BCUT2D eigenvalue weighted by Crippen LogP contribution is 2.34. The van der Waals surface area contributed by atoms with Crippen LogP contribution in [0.15, 0.2) is 18.2 Å². The number of fused-ring (bicyclic) bond motifs is 1. The first-order valence-corrected chi connectivity index (χ1v) is 6.71. The lowest BCUT2D eigenvalue weighted by Gasteiger charge is -2.42. The van der Waals surface area contributed by atoms with Gasteiger partial charge in [0.15, 0.2) is 0 Å². The van der Waals surface area contributed by atoms with Crippen LogP contribution in [0.5, 0.6) is 0 Å². The third-order valence-electron chi connectivity index (χ3n) is 4.35. The van der Waals surface area contributed by atoms with E-state index in [-0.39, 0.29) is 0 Å². The normalized spacial score (nSPS) is 25.1. The van der Waals surface area contributed by atoms with Gasteiger partial charge in [0.2, 0.25) is 0 Å². The number of rotatable bonds is 2. The predicted octanol–water partition coefficient (Wildman–Crippen LogP) is 1.36. The van der Waals surface area contributed by atoms with Crippen molar-refractivity contribution in [2.45, 2.75) is 32.2 Å². The molecule has 92 valence electrons. The van der Waals surface area contributed by atoms with Crippen molar-refractivity contribution < 1.29 is 4.90 Å². The second kappa shape index (κ2) is 4.11. The molecular weight excluding hydrogens is 208 g/mol. The van der Waals surface area contributed by atoms with Gasteiger partial charge < -0.3 is 4.90 Å². The molecule has 2 heteroatoms. The predicted molar refractivity (Wildman–Crippen MR) is 70.4 cm³/mol. The molecule has 0 spiro atoms. The molecule has 2 nitrogen and oxygen atoms in total. The Morgan fingerprint density at radius 1 is 1.35 bits per heavy atom. The van der Waals surface area contributed by atoms with Crippen molar-refractivity contribution in [3.63, 3.8) is 0 Å². The SMILES string of the molecule is [CH2-][NH+]1CCc2c(C3CN(C(C)C)C3)cccc21. The van der Waals surface area contributed by atoms with Gasteiger partial charge in [0, 0.05) is 37.0 Å². The van der Waals surface area contributed by atoms with Crippen molar-refractivity contribution in [2.75, 3.05) is 19.6 Å². The molecule has 1 aromatic carbocycles. The molecule has 1 aromatic rings. The van der Waals surface area contributed by atoms with Gasteiger partial charge in [-0.1, -0.05) is 12.1 Å². The van der Waals surface area contributed by atoms with Gasteiger partial charge in [0.05, 0.1) is 6.54 Å². The smallest absolute Gasteiger partial charge is 0.108 e. The Labute approximate surface area is 104 Å². The van der Waals surface area contributed by atoms with Gasteiger partial charge in [0.25, 0.3) is 0 Å². The van der Waals surface area contributed by atoms with Gasteiger partial charge in [-0.3, -0.25) is 4.90 Å². The lowest BCUT2D eigenvalue weighted by Crippen LogP contribution is -3.00. The maximum Gasteiger partial charge on any atom is 0.108 e. The Balaban J connectivity index is 1.82. The average Bonchev–Trinajstić information content (AvgIpc) is 2.59. The van der Waals surface area contributed by atoms with Crippen LogP contribution in [0.4, 0.5) is 5.69 Å². The first kappa shape index (κ1) is 11.2. The van der Waals surface area contributed by atoms with Crippen molar-refractivity contribution >= 4 is 5.69 Å². The molecule has 1 fully saturated rings. The minimum atomic E-state index is 0.693. The number of nitrogens with one attached hydrogen (secondary N) is 1. The van der Waals surface area contributed by atoms with Crippen LogP contribution in [0.3, 0.4) is 0 Å². The molecule has 1 unspecified atom stereocenters. The molecule has 0 aromatic heterocycles. The van der Waals surface area contributed by atoms with Crippen LogP contribution in [0.25, 0.3) is 0 Å². The summed E-state index contributed by atoms with van der Waals surface area (Å²) in [6.07, 6.45) is 1.21. The second-order valence-corrected chi connectivity index (χ2v) is 5.72. The number of hydrogen-bond acceptors (Lipinski definition) is 1. The van der Waals surface area contributed by atoms with E-state index >= 15 is 0 Å². The largest absolute Gasteiger partial charge is 0.434 e. The van der Waals surface area contributed by atoms with Gasteiger partial charge in [-0.15, -0.1) is 7.05 Å². The zero-order valence-corrected chi connectivity index (χ0v) is 10.9. The first-order chi connectivity index (χ1) is 8.16. The summed E-state index contributed by atoms with van der Waals surface area (Å²) >= 11 is 0. The maximum absolute atomic E-state index is 4.17. The van der Waals surface area contributed by atoms with Crippen LogP contribution in [0, 0.1) is 7.05 Å². The molecule has 0 radical (unpaired) electrons. The topological polar surface area (TPSA) is 7.68 Å². The van der Waals surface area contributed by atoms with Crippen molar-refractivity contribution in [1.29, 1.82) is 0 Å².